The molecule has 0 spiro atoms. The van der Waals surface area contributed by atoms with Gasteiger partial charge in [-0.2, -0.15) is 0 Å². The summed E-state index contributed by atoms with van der Waals surface area (Å²) in [6.45, 7) is 10.4. The summed E-state index contributed by atoms with van der Waals surface area (Å²) in [6.07, 6.45) is 1.09. The fourth-order valence-electron chi connectivity index (χ4n) is 2.92. The highest BCUT2D eigenvalue weighted by molar-refractivity contribution is 6.62. The second-order valence-corrected chi connectivity index (χ2v) is 8.48. The van der Waals surface area contributed by atoms with Gasteiger partial charge in [-0.05, 0) is 46.5 Å². The molecular weight excluding hydrogens is 332 g/mol. The van der Waals surface area contributed by atoms with Gasteiger partial charge in [0, 0.05) is 25.4 Å². The first-order valence-electron chi connectivity index (χ1n) is 8.68. The Morgan fingerprint density at radius 1 is 0.917 bits per heavy atom. The van der Waals surface area contributed by atoms with E-state index in [4.69, 9.17) is 13.3 Å². The molecule has 0 aliphatic heterocycles. The van der Waals surface area contributed by atoms with Gasteiger partial charge in [0.15, 0.2) is 5.41 Å². The molecule has 0 heterocycles. The van der Waals surface area contributed by atoms with Gasteiger partial charge in [-0.1, -0.05) is 13.8 Å². The third-order valence-electron chi connectivity index (χ3n) is 4.37. The van der Waals surface area contributed by atoms with Crippen LogP contribution in [0.25, 0.3) is 0 Å². The smallest absolute Gasteiger partial charge is 0.480 e. The number of hydrogen-bond donors (Lipinski definition) is 2. The lowest BCUT2D eigenvalue weighted by Crippen LogP contribution is -2.51. The van der Waals surface area contributed by atoms with Crippen molar-refractivity contribution >= 4 is 20.7 Å². The molecule has 0 saturated heterocycles. The molecule has 0 amide bonds. The maximum absolute atomic E-state index is 11.6. The maximum Gasteiger partial charge on any atom is 0.504 e. The Kier molecular flexibility index (Phi) is 10.4. The lowest BCUT2D eigenvalue weighted by molar-refractivity contribution is -0.165. The zero-order valence-electron chi connectivity index (χ0n) is 15.5. The molecule has 0 aromatic carbocycles. The molecular formula is C16H32O7Si. The number of carbonyl (C=O) groups is 2. The van der Waals surface area contributed by atoms with E-state index in [1.54, 1.807) is 6.92 Å². The molecule has 0 saturated carbocycles. The van der Waals surface area contributed by atoms with Crippen molar-refractivity contribution in [2.75, 3.05) is 19.8 Å². The largest absolute Gasteiger partial charge is 0.504 e. The molecule has 142 valence electrons. The van der Waals surface area contributed by atoms with E-state index in [-0.39, 0.29) is 18.4 Å². The van der Waals surface area contributed by atoms with Crippen molar-refractivity contribution in [2.24, 2.45) is 5.41 Å². The molecule has 2 N–H and O–H groups in total. The Balaban J connectivity index is 5.48. The van der Waals surface area contributed by atoms with E-state index < -0.39 is 26.2 Å². The van der Waals surface area contributed by atoms with Crippen LogP contribution < -0.4 is 0 Å². The van der Waals surface area contributed by atoms with E-state index in [2.05, 4.69) is 0 Å². The summed E-state index contributed by atoms with van der Waals surface area (Å²) in [6, 6.07) is 0. The molecule has 7 nitrogen and oxygen atoms in total. The van der Waals surface area contributed by atoms with Crippen LogP contribution in [0.4, 0.5) is 0 Å². The predicted octanol–water partition coefficient (Wildman–Crippen LogP) is 3.16. The number of carboxylic acid groups (broad SMARTS) is 2. The highest BCUT2D eigenvalue weighted by atomic mass is 28.4. The first kappa shape index (κ1) is 23.0. The maximum atomic E-state index is 11.6. The second-order valence-electron chi connectivity index (χ2n) is 5.59. The summed E-state index contributed by atoms with van der Waals surface area (Å²) >= 11 is 0. The summed E-state index contributed by atoms with van der Waals surface area (Å²) in [5.41, 5.74) is -1.92. The van der Waals surface area contributed by atoms with E-state index in [0.717, 1.165) is 0 Å². The highest BCUT2D eigenvalue weighted by Gasteiger charge is 2.51. The van der Waals surface area contributed by atoms with E-state index in [1.165, 1.54) is 0 Å². The quantitative estimate of drug-likeness (QED) is 0.360. The molecule has 0 aromatic heterocycles. The average Bonchev–Trinajstić information content (AvgIpc) is 2.51. The van der Waals surface area contributed by atoms with Crippen molar-refractivity contribution < 1.29 is 33.1 Å². The topological polar surface area (TPSA) is 102 Å². The Morgan fingerprint density at radius 3 is 1.58 bits per heavy atom. The molecule has 8 heteroatoms. The van der Waals surface area contributed by atoms with Gasteiger partial charge in [0.1, 0.15) is 0 Å². The predicted molar refractivity (Wildman–Crippen MR) is 91.9 cm³/mol. The van der Waals surface area contributed by atoms with E-state index in [0.29, 0.717) is 32.7 Å². The molecule has 1 unspecified atom stereocenters. The van der Waals surface area contributed by atoms with Gasteiger partial charge in [0.05, 0.1) is 0 Å². The van der Waals surface area contributed by atoms with Crippen molar-refractivity contribution in [2.45, 2.75) is 65.8 Å². The number of aliphatic carboxylic acids is 2. The minimum atomic E-state index is -2.99. The van der Waals surface area contributed by atoms with Crippen LogP contribution in [0, 0.1) is 5.41 Å². The van der Waals surface area contributed by atoms with Gasteiger partial charge in [0.25, 0.3) is 0 Å². The van der Waals surface area contributed by atoms with E-state index in [9.17, 15) is 19.8 Å². The Bertz CT molecular complexity index is 369. The zero-order valence-corrected chi connectivity index (χ0v) is 16.5. The van der Waals surface area contributed by atoms with Crippen molar-refractivity contribution in [3.05, 3.63) is 0 Å². The van der Waals surface area contributed by atoms with Gasteiger partial charge < -0.3 is 23.5 Å². The summed E-state index contributed by atoms with van der Waals surface area (Å²) in [4.78, 5) is 23.1. The second kappa shape index (κ2) is 10.8. The molecule has 0 bridgehead atoms. The van der Waals surface area contributed by atoms with Crippen LogP contribution in [-0.4, -0.2) is 50.8 Å². The fraction of sp³-hybridized carbons (Fsp3) is 0.875. The van der Waals surface area contributed by atoms with Crippen LogP contribution in [0.1, 0.15) is 60.3 Å². The lowest BCUT2D eigenvalue weighted by Gasteiger charge is -2.36. The minimum absolute atomic E-state index is 0.0225. The molecule has 1 atom stereocenters. The van der Waals surface area contributed by atoms with Crippen molar-refractivity contribution in [3.63, 3.8) is 0 Å². The molecule has 0 rings (SSSR count). The van der Waals surface area contributed by atoms with Crippen LogP contribution in [-0.2, 0) is 22.9 Å². The summed E-state index contributed by atoms with van der Waals surface area (Å²) in [5, 5.41) is 18.9. The molecule has 0 radical (unpaired) electrons. The SMILES string of the molecule is CCO[Si](OCC)(OCC)C(CC)CCC(CC)(C(=O)O)C(=O)O. The normalized spacial score (nSPS) is 13.7. The third-order valence-corrected chi connectivity index (χ3v) is 8.14. The average molecular weight is 365 g/mol. The number of rotatable bonds is 14. The monoisotopic (exact) mass is 364 g/mol. The van der Waals surface area contributed by atoms with E-state index >= 15 is 0 Å². The minimum Gasteiger partial charge on any atom is -0.480 e. The molecule has 24 heavy (non-hydrogen) atoms. The Morgan fingerprint density at radius 2 is 1.33 bits per heavy atom. The van der Waals surface area contributed by atoms with E-state index in [1.807, 2.05) is 27.7 Å². The summed E-state index contributed by atoms with van der Waals surface area (Å²) < 4.78 is 17.6. The van der Waals surface area contributed by atoms with Gasteiger partial charge in [0.2, 0.25) is 0 Å². The molecule has 0 aliphatic rings. The van der Waals surface area contributed by atoms with Gasteiger partial charge in [-0.15, -0.1) is 0 Å². The Hall–Kier alpha value is -0.963. The zero-order chi connectivity index (χ0) is 18.8. The van der Waals surface area contributed by atoms with Crippen LogP contribution in [0.2, 0.25) is 5.54 Å². The van der Waals surface area contributed by atoms with Crippen molar-refractivity contribution in [1.29, 1.82) is 0 Å². The summed E-state index contributed by atoms with van der Waals surface area (Å²) in [5.74, 6) is -2.60. The van der Waals surface area contributed by atoms with Crippen molar-refractivity contribution in [1.82, 2.24) is 0 Å². The molecule has 0 fully saturated rings. The lowest BCUT2D eigenvalue weighted by atomic mass is 9.80. The first-order valence-corrected chi connectivity index (χ1v) is 10.5. The molecule has 0 aromatic rings. The van der Waals surface area contributed by atoms with Gasteiger partial charge in [-0.25, -0.2) is 0 Å². The van der Waals surface area contributed by atoms with Gasteiger partial charge >= 0.3 is 20.7 Å². The number of hydrogen-bond acceptors (Lipinski definition) is 5. The van der Waals surface area contributed by atoms with Crippen LogP contribution in [0.3, 0.4) is 0 Å². The Labute approximate surface area is 145 Å². The molecule has 0 aliphatic carbocycles. The van der Waals surface area contributed by atoms with Crippen molar-refractivity contribution in [3.8, 4) is 0 Å². The number of carboxylic acids is 2. The standard InChI is InChI=1S/C16H32O7Si/c1-6-13(24(21-8-3,22-9-4)23-10-5)11-12-16(7-2,14(17)18)15(19)20/h13H,6-12H2,1-5H3,(H,17,18)(H,19,20). The summed E-state index contributed by atoms with van der Waals surface area (Å²) in [7, 11) is -2.99. The third kappa shape index (κ3) is 5.27. The van der Waals surface area contributed by atoms with Crippen LogP contribution in [0.15, 0.2) is 0 Å². The van der Waals surface area contributed by atoms with Crippen LogP contribution in [0.5, 0.6) is 0 Å². The first-order chi connectivity index (χ1) is 11.3. The van der Waals surface area contributed by atoms with Gasteiger partial charge in [-0.3, -0.25) is 9.59 Å². The van der Waals surface area contributed by atoms with Crippen LogP contribution >= 0.6 is 0 Å². The highest BCUT2D eigenvalue weighted by Crippen LogP contribution is 2.39. The fourth-order valence-corrected chi connectivity index (χ4v) is 6.08.